The zero-order valence-electron chi connectivity index (χ0n) is 13.6. The third-order valence-corrected chi connectivity index (χ3v) is 3.34. The van der Waals surface area contributed by atoms with Crippen molar-refractivity contribution in [3.63, 3.8) is 0 Å². The number of carbonyl (C=O) groups is 2. The fraction of sp³-hybridized carbons (Fsp3) is 0.222. The van der Waals surface area contributed by atoms with Gasteiger partial charge in [-0.3, -0.25) is 9.59 Å². The summed E-state index contributed by atoms with van der Waals surface area (Å²) in [6.07, 6.45) is 0. The first-order chi connectivity index (χ1) is 11.4. The van der Waals surface area contributed by atoms with Crippen LogP contribution >= 0.6 is 11.6 Å². The molecule has 0 aliphatic heterocycles. The Morgan fingerprint density at radius 2 is 1.75 bits per heavy atom. The van der Waals surface area contributed by atoms with Gasteiger partial charge in [-0.2, -0.15) is 0 Å². The minimum Gasteiger partial charge on any atom is -0.376 e. The standard InChI is InChI=1S/C18H20ClN3O2/c1-12(2)21-18(24)13-5-3-8-16(9-13)22-17(23)11-20-15-7-4-6-14(19)10-15/h3-10,12,20H,11H2,1-2H3,(H,21,24)(H,22,23). The molecule has 2 aromatic carbocycles. The van der Waals surface area contributed by atoms with E-state index in [2.05, 4.69) is 16.0 Å². The first-order valence-corrected chi connectivity index (χ1v) is 8.02. The molecule has 0 aromatic heterocycles. The molecule has 0 aliphatic carbocycles. The molecule has 0 heterocycles. The Hall–Kier alpha value is -2.53. The number of halogens is 1. The molecular weight excluding hydrogens is 326 g/mol. The van der Waals surface area contributed by atoms with Crippen LogP contribution in [0, 0.1) is 0 Å². The Labute approximate surface area is 146 Å². The third-order valence-electron chi connectivity index (χ3n) is 3.11. The van der Waals surface area contributed by atoms with Crippen molar-refractivity contribution in [2.45, 2.75) is 19.9 Å². The lowest BCUT2D eigenvalue weighted by Gasteiger charge is -2.11. The van der Waals surface area contributed by atoms with Gasteiger partial charge in [0.15, 0.2) is 0 Å². The van der Waals surface area contributed by atoms with Crippen molar-refractivity contribution in [3.8, 4) is 0 Å². The number of hydrogen-bond acceptors (Lipinski definition) is 3. The molecule has 5 nitrogen and oxygen atoms in total. The van der Waals surface area contributed by atoms with Crippen molar-refractivity contribution in [1.29, 1.82) is 0 Å². The SMILES string of the molecule is CC(C)NC(=O)c1cccc(NC(=O)CNc2cccc(Cl)c2)c1. The van der Waals surface area contributed by atoms with Crippen LogP contribution in [0.3, 0.4) is 0 Å². The fourth-order valence-corrected chi connectivity index (χ4v) is 2.26. The number of hydrogen-bond donors (Lipinski definition) is 3. The molecule has 0 saturated carbocycles. The van der Waals surface area contributed by atoms with Gasteiger partial charge in [-0.25, -0.2) is 0 Å². The summed E-state index contributed by atoms with van der Waals surface area (Å²) in [5.74, 6) is -0.380. The highest BCUT2D eigenvalue weighted by molar-refractivity contribution is 6.30. The van der Waals surface area contributed by atoms with Crippen LogP contribution in [0.15, 0.2) is 48.5 Å². The molecule has 2 amide bonds. The molecule has 0 spiro atoms. The van der Waals surface area contributed by atoms with Crippen molar-refractivity contribution in [2.24, 2.45) is 0 Å². The first kappa shape index (κ1) is 17.8. The van der Waals surface area contributed by atoms with Gasteiger partial charge in [0.1, 0.15) is 0 Å². The molecule has 0 unspecified atom stereocenters. The van der Waals surface area contributed by atoms with E-state index in [4.69, 9.17) is 11.6 Å². The summed E-state index contributed by atoms with van der Waals surface area (Å²) in [5.41, 5.74) is 1.84. The molecule has 2 rings (SSSR count). The number of anilines is 2. The van der Waals surface area contributed by atoms with E-state index in [0.29, 0.717) is 16.3 Å². The zero-order valence-corrected chi connectivity index (χ0v) is 14.4. The van der Waals surface area contributed by atoms with Gasteiger partial charge in [0, 0.05) is 28.0 Å². The molecule has 0 aliphatic rings. The van der Waals surface area contributed by atoms with Crippen LogP contribution < -0.4 is 16.0 Å². The Kier molecular flexibility index (Phi) is 6.21. The molecule has 24 heavy (non-hydrogen) atoms. The molecule has 0 saturated heterocycles. The Morgan fingerprint density at radius 1 is 1.04 bits per heavy atom. The second kappa shape index (κ2) is 8.36. The molecule has 2 aromatic rings. The minimum absolute atomic E-state index is 0.0534. The summed E-state index contributed by atoms with van der Waals surface area (Å²) in [5, 5.41) is 9.17. The third kappa shape index (κ3) is 5.59. The lowest BCUT2D eigenvalue weighted by Crippen LogP contribution is -2.30. The lowest BCUT2D eigenvalue weighted by atomic mass is 10.1. The van der Waals surface area contributed by atoms with Gasteiger partial charge in [-0.1, -0.05) is 23.7 Å². The minimum atomic E-state index is -0.212. The van der Waals surface area contributed by atoms with Crippen molar-refractivity contribution < 1.29 is 9.59 Å². The maximum Gasteiger partial charge on any atom is 0.251 e. The van der Waals surface area contributed by atoms with E-state index in [-0.39, 0.29) is 24.4 Å². The predicted octanol–water partition coefficient (Wildman–Crippen LogP) is 3.53. The van der Waals surface area contributed by atoms with E-state index in [9.17, 15) is 9.59 Å². The molecule has 6 heteroatoms. The predicted molar refractivity (Wildman–Crippen MR) is 97.6 cm³/mol. The van der Waals surface area contributed by atoms with E-state index < -0.39 is 0 Å². The normalized spacial score (nSPS) is 10.3. The summed E-state index contributed by atoms with van der Waals surface area (Å²) in [6, 6.07) is 14.0. The van der Waals surface area contributed by atoms with E-state index in [1.54, 1.807) is 42.5 Å². The second-order valence-corrected chi connectivity index (χ2v) is 6.06. The van der Waals surface area contributed by atoms with Gasteiger partial charge < -0.3 is 16.0 Å². The van der Waals surface area contributed by atoms with Crippen molar-refractivity contribution in [1.82, 2.24) is 5.32 Å². The molecule has 0 fully saturated rings. The van der Waals surface area contributed by atoms with Gasteiger partial charge >= 0.3 is 0 Å². The second-order valence-electron chi connectivity index (χ2n) is 5.62. The van der Waals surface area contributed by atoms with Crippen LogP contribution in [0.25, 0.3) is 0 Å². The maximum absolute atomic E-state index is 12.0. The summed E-state index contributed by atoms with van der Waals surface area (Å²) >= 11 is 5.89. The topological polar surface area (TPSA) is 70.2 Å². The maximum atomic E-state index is 12.0. The van der Waals surface area contributed by atoms with Crippen molar-refractivity contribution >= 4 is 34.8 Å². The van der Waals surface area contributed by atoms with Crippen molar-refractivity contribution in [3.05, 3.63) is 59.1 Å². The van der Waals surface area contributed by atoms with E-state index >= 15 is 0 Å². The van der Waals surface area contributed by atoms with Crippen LogP contribution in [-0.2, 0) is 4.79 Å². The Morgan fingerprint density at radius 3 is 2.46 bits per heavy atom. The molecule has 0 atom stereocenters. The van der Waals surface area contributed by atoms with Crippen LogP contribution in [-0.4, -0.2) is 24.4 Å². The van der Waals surface area contributed by atoms with Crippen LogP contribution in [0.2, 0.25) is 5.02 Å². The average molecular weight is 346 g/mol. The van der Waals surface area contributed by atoms with E-state index in [1.807, 2.05) is 19.9 Å². The largest absolute Gasteiger partial charge is 0.376 e. The highest BCUT2D eigenvalue weighted by Gasteiger charge is 2.09. The van der Waals surface area contributed by atoms with Crippen molar-refractivity contribution in [2.75, 3.05) is 17.2 Å². The van der Waals surface area contributed by atoms with Crippen LogP contribution in [0.4, 0.5) is 11.4 Å². The molecule has 3 N–H and O–H groups in total. The van der Waals surface area contributed by atoms with Crippen LogP contribution in [0.1, 0.15) is 24.2 Å². The fourth-order valence-electron chi connectivity index (χ4n) is 2.07. The van der Waals surface area contributed by atoms with Gasteiger partial charge in [0.25, 0.3) is 5.91 Å². The summed E-state index contributed by atoms with van der Waals surface area (Å²) in [4.78, 5) is 24.0. The van der Waals surface area contributed by atoms with E-state index in [0.717, 1.165) is 5.69 Å². The quantitative estimate of drug-likeness (QED) is 0.750. The number of carbonyl (C=O) groups excluding carboxylic acids is 2. The summed E-state index contributed by atoms with van der Waals surface area (Å²) in [7, 11) is 0. The van der Waals surface area contributed by atoms with Crippen LogP contribution in [0.5, 0.6) is 0 Å². The van der Waals surface area contributed by atoms with Gasteiger partial charge in [-0.05, 0) is 50.2 Å². The smallest absolute Gasteiger partial charge is 0.251 e. The molecular formula is C18H20ClN3O2. The number of rotatable bonds is 6. The average Bonchev–Trinajstić information content (AvgIpc) is 2.53. The highest BCUT2D eigenvalue weighted by atomic mass is 35.5. The highest BCUT2D eigenvalue weighted by Crippen LogP contribution is 2.15. The molecule has 0 radical (unpaired) electrons. The van der Waals surface area contributed by atoms with Gasteiger partial charge in [0.2, 0.25) is 5.91 Å². The number of nitrogens with one attached hydrogen (secondary N) is 3. The lowest BCUT2D eigenvalue weighted by molar-refractivity contribution is -0.114. The first-order valence-electron chi connectivity index (χ1n) is 7.64. The number of amides is 2. The Balaban J connectivity index is 1.93. The van der Waals surface area contributed by atoms with E-state index in [1.165, 1.54) is 0 Å². The number of benzene rings is 2. The summed E-state index contributed by atoms with van der Waals surface area (Å²) in [6.45, 7) is 3.89. The van der Waals surface area contributed by atoms with Gasteiger partial charge in [-0.15, -0.1) is 0 Å². The molecule has 0 bridgehead atoms. The Bertz CT molecular complexity index is 732. The zero-order chi connectivity index (χ0) is 17.5. The molecule has 126 valence electrons. The monoisotopic (exact) mass is 345 g/mol. The van der Waals surface area contributed by atoms with Gasteiger partial charge in [0.05, 0.1) is 6.54 Å². The summed E-state index contributed by atoms with van der Waals surface area (Å²) < 4.78 is 0.